The van der Waals surface area contributed by atoms with Crippen LogP contribution in [0.4, 0.5) is 0 Å². The number of Topliss-reactive ketones (excluding diaryl/α,β-unsaturated/α-hetero) is 1. The van der Waals surface area contributed by atoms with E-state index in [1.165, 1.54) is 0 Å². The summed E-state index contributed by atoms with van der Waals surface area (Å²) in [6.07, 6.45) is 21.3. The van der Waals surface area contributed by atoms with E-state index in [1.807, 2.05) is 55.9 Å². The molecule has 0 amide bonds. The van der Waals surface area contributed by atoms with Gasteiger partial charge in [-0.2, -0.15) is 0 Å². The number of aromatic nitrogens is 1. The quantitative estimate of drug-likeness (QED) is 0.143. The lowest BCUT2D eigenvalue weighted by Gasteiger charge is -2.34. The Morgan fingerprint density at radius 3 is 2.65 bits per heavy atom. The number of carbonyl (C=O) groups excluding carboxylic acids is 1. The van der Waals surface area contributed by atoms with E-state index < -0.39 is 5.60 Å². The number of terminal acetylenes is 1. The van der Waals surface area contributed by atoms with Crippen LogP contribution < -0.4 is 0 Å². The smallest absolute Gasteiger partial charge is 0.132 e. The topological polar surface area (TPSA) is 65.8 Å². The standard InChI is InChI=1S/C35H41N3O2/c1-7-12-31(24-36-5)32-16-17-33(30-14-10-13-29(23-30)27(8-2)25-38(6)9-3)37-34(32)15-11-20-35(40)21-18-28(19-22-35)26(4)39/h3,8,10-17,23-25,28,40H,2,7,18-22H2,1,4-6H3/b15-11+,27-25+,31-12+,36-24-. The molecule has 1 aliphatic carbocycles. The fourth-order valence-electron chi connectivity index (χ4n) is 5.10. The van der Waals surface area contributed by atoms with Crippen LogP contribution in [0.15, 0.2) is 72.4 Å². The van der Waals surface area contributed by atoms with E-state index in [0.29, 0.717) is 19.3 Å². The van der Waals surface area contributed by atoms with Crippen LogP contribution in [0.25, 0.3) is 28.5 Å². The molecular formula is C35H41N3O2. The molecule has 1 heterocycles. The maximum Gasteiger partial charge on any atom is 0.132 e. The molecule has 1 N–H and O–H groups in total. The van der Waals surface area contributed by atoms with E-state index in [2.05, 4.69) is 42.7 Å². The number of pyridine rings is 1. The van der Waals surface area contributed by atoms with Crippen molar-refractivity contribution in [2.24, 2.45) is 10.9 Å². The van der Waals surface area contributed by atoms with Crippen molar-refractivity contribution in [2.45, 2.75) is 58.0 Å². The Hall–Kier alpha value is -4.01. The molecular weight excluding hydrogens is 494 g/mol. The second kappa shape index (κ2) is 14.4. The minimum absolute atomic E-state index is 0.0726. The normalized spacial score (nSPS) is 20.1. The van der Waals surface area contributed by atoms with E-state index in [0.717, 1.165) is 58.5 Å². The molecule has 0 aliphatic heterocycles. The van der Waals surface area contributed by atoms with Crippen molar-refractivity contribution >= 4 is 29.2 Å². The van der Waals surface area contributed by atoms with E-state index >= 15 is 0 Å². The average molecular weight is 536 g/mol. The zero-order valence-corrected chi connectivity index (χ0v) is 24.2. The first-order valence-electron chi connectivity index (χ1n) is 13.9. The van der Waals surface area contributed by atoms with Gasteiger partial charge in [-0.15, -0.1) is 0 Å². The first kappa shape index (κ1) is 30.5. The molecule has 1 aromatic heterocycles. The monoisotopic (exact) mass is 535 g/mol. The number of hydrogen-bond donors (Lipinski definition) is 1. The molecule has 40 heavy (non-hydrogen) atoms. The zero-order valence-electron chi connectivity index (χ0n) is 24.2. The van der Waals surface area contributed by atoms with Crippen LogP contribution in [-0.2, 0) is 4.79 Å². The average Bonchev–Trinajstić information content (AvgIpc) is 2.96. The summed E-state index contributed by atoms with van der Waals surface area (Å²) < 4.78 is 0. The molecule has 0 atom stereocenters. The molecule has 1 aromatic carbocycles. The number of hydrogen-bond acceptors (Lipinski definition) is 5. The molecule has 208 valence electrons. The third-order valence-corrected chi connectivity index (χ3v) is 7.44. The highest BCUT2D eigenvalue weighted by molar-refractivity contribution is 6.10. The lowest BCUT2D eigenvalue weighted by molar-refractivity contribution is -0.123. The molecule has 0 bridgehead atoms. The van der Waals surface area contributed by atoms with Crippen LogP contribution in [0.3, 0.4) is 0 Å². The fraction of sp³-hybridized carbons (Fsp3) is 0.343. The molecule has 2 aromatic rings. The molecule has 0 spiro atoms. The summed E-state index contributed by atoms with van der Waals surface area (Å²) in [5.74, 6) is 0.294. The third-order valence-electron chi connectivity index (χ3n) is 7.44. The molecule has 1 saturated carbocycles. The SMILES string of the molecule is C#CN(C)/C=C(\C=C)c1cccc(-c2ccc(C(/C=N\C)=C/CC)c(/C=C/CC3(O)CCC(C(C)=O)CC3)n2)c1. The molecule has 0 radical (unpaired) electrons. The highest BCUT2D eigenvalue weighted by atomic mass is 16.3. The lowest BCUT2D eigenvalue weighted by Crippen LogP contribution is -2.35. The molecule has 3 rings (SSSR count). The van der Waals surface area contributed by atoms with Crippen LogP contribution in [0.5, 0.6) is 0 Å². The third kappa shape index (κ3) is 8.00. The molecule has 1 fully saturated rings. The molecule has 5 heteroatoms. The van der Waals surface area contributed by atoms with Gasteiger partial charge in [-0.1, -0.05) is 56.4 Å². The highest BCUT2D eigenvalue weighted by Gasteiger charge is 2.33. The second-order valence-electron chi connectivity index (χ2n) is 10.4. The van der Waals surface area contributed by atoms with Crippen LogP contribution in [0.1, 0.15) is 69.2 Å². The predicted octanol–water partition coefficient (Wildman–Crippen LogP) is 7.21. The van der Waals surface area contributed by atoms with Crippen molar-refractivity contribution in [3.63, 3.8) is 0 Å². The van der Waals surface area contributed by atoms with Crippen LogP contribution in [0.2, 0.25) is 0 Å². The molecule has 5 nitrogen and oxygen atoms in total. The number of benzene rings is 1. The van der Waals surface area contributed by atoms with Crippen molar-refractivity contribution < 1.29 is 9.90 Å². The number of allylic oxidation sites excluding steroid dienone is 4. The first-order chi connectivity index (χ1) is 19.2. The summed E-state index contributed by atoms with van der Waals surface area (Å²) in [6.45, 7) is 7.70. The Kier molecular flexibility index (Phi) is 11.0. The van der Waals surface area contributed by atoms with Crippen molar-refractivity contribution in [3.05, 3.63) is 84.2 Å². The van der Waals surface area contributed by atoms with Crippen LogP contribution >= 0.6 is 0 Å². The summed E-state index contributed by atoms with van der Waals surface area (Å²) >= 11 is 0. The zero-order chi connectivity index (χ0) is 29.1. The number of aliphatic imine (C=N–C) groups is 1. The summed E-state index contributed by atoms with van der Waals surface area (Å²) in [5.41, 5.74) is 5.73. The Morgan fingerprint density at radius 2 is 2.02 bits per heavy atom. The number of rotatable bonds is 11. The van der Waals surface area contributed by atoms with Gasteiger partial charge in [-0.25, -0.2) is 4.98 Å². The van der Waals surface area contributed by atoms with E-state index in [4.69, 9.17) is 11.4 Å². The van der Waals surface area contributed by atoms with E-state index in [-0.39, 0.29) is 11.7 Å². The largest absolute Gasteiger partial charge is 0.390 e. The minimum atomic E-state index is -0.791. The van der Waals surface area contributed by atoms with Gasteiger partial charge in [0.2, 0.25) is 0 Å². The summed E-state index contributed by atoms with van der Waals surface area (Å²) in [4.78, 5) is 22.8. The van der Waals surface area contributed by atoms with Gasteiger partial charge in [0.05, 0.1) is 17.0 Å². The van der Waals surface area contributed by atoms with E-state index in [9.17, 15) is 9.90 Å². The summed E-state index contributed by atoms with van der Waals surface area (Å²) in [5, 5.41) is 11.2. The van der Waals surface area contributed by atoms with Gasteiger partial charge < -0.3 is 10.0 Å². The van der Waals surface area contributed by atoms with Crippen molar-refractivity contribution in [1.29, 1.82) is 0 Å². The highest BCUT2D eigenvalue weighted by Crippen LogP contribution is 2.35. The van der Waals surface area contributed by atoms with Gasteiger partial charge in [0.1, 0.15) is 5.78 Å². The number of nitrogens with zero attached hydrogens (tertiary/aromatic N) is 3. The Bertz CT molecular complexity index is 1370. The lowest BCUT2D eigenvalue weighted by atomic mass is 9.76. The van der Waals surface area contributed by atoms with Gasteiger partial charge in [0, 0.05) is 49.6 Å². The van der Waals surface area contributed by atoms with Gasteiger partial charge >= 0.3 is 0 Å². The van der Waals surface area contributed by atoms with Crippen LogP contribution in [0, 0.1) is 18.4 Å². The number of ketones is 1. The second-order valence-corrected chi connectivity index (χ2v) is 10.4. The number of carbonyl (C=O) groups is 1. The summed E-state index contributed by atoms with van der Waals surface area (Å²) in [6, 6.07) is 14.8. The van der Waals surface area contributed by atoms with Gasteiger partial charge in [-0.05, 0) is 86.4 Å². The van der Waals surface area contributed by atoms with Crippen molar-refractivity contribution in [2.75, 3.05) is 14.1 Å². The Morgan fingerprint density at radius 1 is 1.27 bits per heavy atom. The molecule has 0 saturated heterocycles. The van der Waals surface area contributed by atoms with Gasteiger partial charge in [-0.3, -0.25) is 9.79 Å². The molecule has 0 unspecified atom stereocenters. The Labute approximate surface area is 239 Å². The Balaban J connectivity index is 1.99. The maximum atomic E-state index is 11.8. The van der Waals surface area contributed by atoms with Gasteiger partial charge in [0.25, 0.3) is 0 Å². The summed E-state index contributed by atoms with van der Waals surface area (Å²) in [7, 11) is 3.58. The fourth-order valence-corrected chi connectivity index (χ4v) is 5.10. The van der Waals surface area contributed by atoms with Crippen LogP contribution in [-0.4, -0.2) is 46.7 Å². The van der Waals surface area contributed by atoms with Gasteiger partial charge in [0.15, 0.2) is 0 Å². The maximum absolute atomic E-state index is 11.8. The predicted molar refractivity (Wildman–Crippen MR) is 168 cm³/mol. The minimum Gasteiger partial charge on any atom is -0.390 e. The molecule has 1 aliphatic rings. The first-order valence-corrected chi connectivity index (χ1v) is 13.9. The van der Waals surface area contributed by atoms with Crippen molar-refractivity contribution in [3.8, 4) is 23.7 Å². The number of aliphatic hydroxyl groups is 1. The van der Waals surface area contributed by atoms with Crippen molar-refractivity contribution in [1.82, 2.24) is 9.88 Å². The van der Waals surface area contributed by atoms with E-state index in [1.54, 1.807) is 24.9 Å².